The summed E-state index contributed by atoms with van der Waals surface area (Å²) >= 11 is 5.81. The van der Waals surface area contributed by atoms with Crippen LogP contribution < -0.4 is 5.32 Å². The van der Waals surface area contributed by atoms with Crippen LogP contribution in [0.25, 0.3) is 0 Å². The van der Waals surface area contributed by atoms with Gasteiger partial charge in [0.2, 0.25) is 5.91 Å². The summed E-state index contributed by atoms with van der Waals surface area (Å²) in [6, 6.07) is 3.76. The Labute approximate surface area is 99.6 Å². The first-order chi connectivity index (χ1) is 7.74. The molecule has 0 aliphatic carbocycles. The number of carbonyl (C=O) groups excluding carboxylic acids is 1. The molecule has 1 fully saturated rings. The quantitative estimate of drug-likeness (QED) is 0.785. The van der Waals surface area contributed by atoms with Crippen molar-refractivity contribution in [3.05, 3.63) is 29.0 Å². The van der Waals surface area contributed by atoms with Gasteiger partial charge in [0.05, 0.1) is 6.54 Å². The molecule has 1 N–H and O–H groups in total. The monoisotopic (exact) mass is 239 g/mol. The topological polar surface area (TPSA) is 45.2 Å². The summed E-state index contributed by atoms with van der Waals surface area (Å²) in [6.45, 7) is 2.90. The molecule has 0 aromatic carbocycles. The van der Waals surface area contributed by atoms with Gasteiger partial charge in [-0.05, 0) is 24.1 Å². The van der Waals surface area contributed by atoms with Gasteiger partial charge in [-0.1, -0.05) is 11.6 Å². The van der Waals surface area contributed by atoms with Gasteiger partial charge in [0.15, 0.2) is 0 Å². The second-order valence-electron chi connectivity index (χ2n) is 3.90. The number of hydrogen-bond acceptors (Lipinski definition) is 3. The largest absolute Gasteiger partial charge is 0.355 e. The molecule has 1 aromatic rings. The highest BCUT2D eigenvalue weighted by Crippen LogP contribution is 2.10. The zero-order valence-electron chi connectivity index (χ0n) is 8.95. The summed E-state index contributed by atoms with van der Waals surface area (Å²) in [4.78, 5) is 17.4. The maximum absolute atomic E-state index is 11.4. The predicted molar refractivity (Wildman–Crippen MR) is 62.2 cm³/mol. The minimum Gasteiger partial charge on any atom is -0.355 e. The molecule has 5 heteroatoms. The molecule has 1 amide bonds. The van der Waals surface area contributed by atoms with Crippen molar-refractivity contribution in [2.24, 2.45) is 0 Å². The van der Waals surface area contributed by atoms with Gasteiger partial charge in [-0.15, -0.1) is 0 Å². The molecule has 0 spiro atoms. The number of hydrogen-bond donors (Lipinski definition) is 1. The second kappa shape index (κ2) is 5.27. The smallest absolute Gasteiger partial charge is 0.234 e. The van der Waals surface area contributed by atoms with Crippen LogP contribution in [0.15, 0.2) is 18.3 Å². The van der Waals surface area contributed by atoms with Gasteiger partial charge in [-0.3, -0.25) is 9.69 Å². The Morgan fingerprint density at radius 2 is 2.44 bits per heavy atom. The Morgan fingerprint density at radius 1 is 1.56 bits per heavy atom. The highest BCUT2D eigenvalue weighted by atomic mass is 35.5. The standard InChI is InChI=1S/C11H14ClN3O/c12-10-6-9(2-4-13-10)7-15-5-1-3-14-11(16)8-15/h2,4,6H,1,3,5,7-8H2,(H,14,16). The van der Waals surface area contributed by atoms with Crippen molar-refractivity contribution < 1.29 is 4.79 Å². The van der Waals surface area contributed by atoms with Gasteiger partial charge in [0.1, 0.15) is 5.15 Å². The molecule has 1 saturated heterocycles. The number of halogens is 1. The lowest BCUT2D eigenvalue weighted by molar-refractivity contribution is -0.121. The van der Waals surface area contributed by atoms with Crippen LogP contribution in [-0.4, -0.2) is 35.4 Å². The fourth-order valence-corrected chi connectivity index (χ4v) is 2.00. The third-order valence-corrected chi connectivity index (χ3v) is 2.74. The van der Waals surface area contributed by atoms with Crippen LogP contribution >= 0.6 is 11.6 Å². The van der Waals surface area contributed by atoms with Crippen LogP contribution in [-0.2, 0) is 11.3 Å². The molecule has 0 atom stereocenters. The predicted octanol–water partition coefficient (Wildman–Crippen LogP) is 1.06. The minimum atomic E-state index is 0.0950. The summed E-state index contributed by atoms with van der Waals surface area (Å²) in [6.07, 6.45) is 2.68. The summed E-state index contributed by atoms with van der Waals surface area (Å²) < 4.78 is 0. The Kier molecular flexibility index (Phi) is 3.74. The number of pyridine rings is 1. The van der Waals surface area contributed by atoms with Crippen molar-refractivity contribution in [3.63, 3.8) is 0 Å². The van der Waals surface area contributed by atoms with E-state index < -0.39 is 0 Å². The number of amides is 1. The van der Waals surface area contributed by atoms with Crippen LogP contribution in [0.3, 0.4) is 0 Å². The minimum absolute atomic E-state index is 0.0950. The Hall–Kier alpha value is -1.13. The lowest BCUT2D eigenvalue weighted by Crippen LogP contribution is -2.32. The van der Waals surface area contributed by atoms with E-state index in [0.29, 0.717) is 11.7 Å². The van der Waals surface area contributed by atoms with Crippen molar-refractivity contribution in [2.75, 3.05) is 19.6 Å². The number of aromatic nitrogens is 1. The van der Waals surface area contributed by atoms with E-state index in [4.69, 9.17) is 11.6 Å². The van der Waals surface area contributed by atoms with E-state index in [1.165, 1.54) is 0 Å². The van der Waals surface area contributed by atoms with E-state index in [0.717, 1.165) is 31.6 Å². The molecule has 0 unspecified atom stereocenters. The third-order valence-electron chi connectivity index (χ3n) is 2.54. The van der Waals surface area contributed by atoms with E-state index in [1.54, 1.807) is 6.20 Å². The first-order valence-electron chi connectivity index (χ1n) is 5.33. The second-order valence-corrected chi connectivity index (χ2v) is 4.29. The zero-order chi connectivity index (χ0) is 11.4. The van der Waals surface area contributed by atoms with Gasteiger partial charge in [-0.2, -0.15) is 0 Å². The van der Waals surface area contributed by atoms with Gasteiger partial charge < -0.3 is 5.32 Å². The highest BCUT2D eigenvalue weighted by Gasteiger charge is 2.14. The Balaban J connectivity index is 2.00. The highest BCUT2D eigenvalue weighted by molar-refractivity contribution is 6.29. The Morgan fingerprint density at radius 3 is 3.25 bits per heavy atom. The lowest BCUT2D eigenvalue weighted by Gasteiger charge is -2.18. The van der Waals surface area contributed by atoms with E-state index in [9.17, 15) is 4.79 Å². The van der Waals surface area contributed by atoms with Gasteiger partial charge in [0.25, 0.3) is 0 Å². The van der Waals surface area contributed by atoms with E-state index in [1.807, 2.05) is 12.1 Å². The molecule has 1 aliphatic rings. The van der Waals surface area contributed by atoms with Crippen molar-refractivity contribution in [1.82, 2.24) is 15.2 Å². The molecular formula is C11H14ClN3O. The lowest BCUT2D eigenvalue weighted by atomic mass is 10.2. The first kappa shape index (κ1) is 11.4. The molecule has 0 radical (unpaired) electrons. The summed E-state index contributed by atoms with van der Waals surface area (Å²) in [5, 5.41) is 3.35. The SMILES string of the molecule is O=C1CN(Cc2ccnc(Cl)c2)CCCN1. The summed E-state index contributed by atoms with van der Waals surface area (Å²) in [5.41, 5.74) is 1.09. The molecule has 0 saturated carbocycles. The fourth-order valence-electron chi connectivity index (χ4n) is 1.80. The van der Waals surface area contributed by atoms with Crippen molar-refractivity contribution >= 4 is 17.5 Å². The molecule has 4 nitrogen and oxygen atoms in total. The summed E-state index contributed by atoms with van der Waals surface area (Å²) in [5.74, 6) is 0.0950. The number of carbonyl (C=O) groups is 1. The molecule has 0 bridgehead atoms. The van der Waals surface area contributed by atoms with E-state index >= 15 is 0 Å². The number of nitrogens with one attached hydrogen (secondary N) is 1. The van der Waals surface area contributed by atoms with Crippen LogP contribution in [0, 0.1) is 0 Å². The van der Waals surface area contributed by atoms with Crippen molar-refractivity contribution in [1.29, 1.82) is 0 Å². The number of rotatable bonds is 2. The number of nitrogens with zero attached hydrogens (tertiary/aromatic N) is 2. The van der Waals surface area contributed by atoms with E-state index in [-0.39, 0.29) is 5.91 Å². The molecule has 16 heavy (non-hydrogen) atoms. The van der Waals surface area contributed by atoms with Gasteiger partial charge >= 0.3 is 0 Å². The normalized spacial score (nSPS) is 17.9. The maximum atomic E-state index is 11.4. The maximum Gasteiger partial charge on any atom is 0.234 e. The van der Waals surface area contributed by atoms with Crippen molar-refractivity contribution in [2.45, 2.75) is 13.0 Å². The molecule has 2 rings (SSSR count). The molecule has 1 aromatic heterocycles. The van der Waals surface area contributed by atoms with Crippen LogP contribution in [0.2, 0.25) is 5.15 Å². The fraction of sp³-hybridized carbons (Fsp3) is 0.455. The zero-order valence-corrected chi connectivity index (χ0v) is 9.70. The molecule has 1 aliphatic heterocycles. The van der Waals surface area contributed by atoms with Crippen molar-refractivity contribution in [3.8, 4) is 0 Å². The molecular weight excluding hydrogens is 226 g/mol. The average molecular weight is 240 g/mol. The van der Waals surface area contributed by atoms with Gasteiger partial charge in [-0.25, -0.2) is 4.98 Å². The Bertz CT molecular complexity index is 383. The van der Waals surface area contributed by atoms with Gasteiger partial charge in [0, 0.05) is 25.8 Å². The van der Waals surface area contributed by atoms with Crippen LogP contribution in [0.5, 0.6) is 0 Å². The summed E-state index contributed by atoms with van der Waals surface area (Å²) in [7, 11) is 0. The van der Waals surface area contributed by atoms with E-state index in [2.05, 4.69) is 15.2 Å². The molecule has 2 heterocycles. The molecule has 86 valence electrons. The van der Waals surface area contributed by atoms with Crippen LogP contribution in [0.4, 0.5) is 0 Å². The van der Waals surface area contributed by atoms with Crippen LogP contribution in [0.1, 0.15) is 12.0 Å². The first-order valence-corrected chi connectivity index (χ1v) is 5.71. The average Bonchev–Trinajstić information content (AvgIpc) is 2.43. The third kappa shape index (κ3) is 3.18.